The number of rotatable bonds is 3. The van der Waals surface area contributed by atoms with Crippen LogP contribution in [0.5, 0.6) is 0 Å². The van der Waals surface area contributed by atoms with Gasteiger partial charge >= 0.3 is 0 Å². The Labute approximate surface area is 107 Å². The zero-order valence-electron chi connectivity index (χ0n) is 11.9. The molecule has 3 saturated carbocycles. The molecule has 3 rings (SSSR count). The molecular formula is C16H29N. The number of fused-ring (bicyclic) bond motifs is 1. The quantitative estimate of drug-likeness (QED) is 0.780. The highest BCUT2D eigenvalue weighted by molar-refractivity contribution is 5.07. The number of nitrogens with one attached hydrogen (secondary N) is 1. The molecule has 0 aliphatic heterocycles. The van der Waals surface area contributed by atoms with Gasteiger partial charge in [0.1, 0.15) is 0 Å². The highest BCUT2D eigenvalue weighted by atomic mass is 15.0. The fraction of sp³-hybridized carbons (Fsp3) is 1.00. The zero-order chi connectivity index (χ0) is 12.1. The lowest BCUT2D eigenvalue weighted by Crippen LogP contribution is -2.46. The van der Waals surface area contributed by atoms with Crippen molar-refractivity contribution in [2.24, 2.45) is 23.2 Å². The second kappa shape index (κ2) is 3.98. The maximum atomic E-state index is 3.82. The van der Waals surface area contributed by atoms with E-state index in [0.29, 0.717) is 11.0 Å². The first-order chi connectivity index (χ1) is 7.99. The first-order valence-corrected chi connectivity index (χ1v) is 7.74. The summed E-state index contributed by atoms with van der Waals surface area (Å²) in [5.41, 5.74) is 0.982. The molecule has 0 radical (unpaired) electrons. The zero-order valence-corrected chi connectivity index (χ0v) is 11.9. The highest BCUT2D eigenvalue weighted by Gasteiger charge is 2.56. The van der Waals surface area contributed by atoms with Crippen LogP contribution in [0.1, 0.15) is 65.7 Å². The molecule has 1 heteroatoms. The van der Waals surface area contributed by atoms with Crippen LogP contribution in [-0.4, -0.2) is 12.1 Å². The van der Waals surface area contributed by atoms with Crippen molar-refractivity contribution in [2.75, 3.05) is 6.54 Å². The summed E-state index contributed by atoms with van der Waals surface area (Å²) in [4.78, 5) is 0. The third kappa shape index (κ3) is 2.41. The summed E-state index contributed by atoms with van der Waals surface area (Å²) in [5.74, 6) is 3.29. The van der Waals surface area contributed by atoms with Gasteiger partial charge in [0.25, 0.3) is 0 Å². The van der Waals surface area contributed by atoms with Gasteiger partial charge in [-0.25, -0.2) is 0 Å². The van der Waals surface area contributed by atoms with E-state index in [-0.39, 0.29) is 0 Å². The summed E-state index contributed by atoms with van der Waals surface area (Å²) in [6.45, 7) is 8.22. The topological polar surface area (TPSA) is 12.0 Å². The van der Waals surface area contributed by atoms with Gasteiger partial charge in [-0.3, -0.25) is 0 Å². The van der Waals surface area contributed by atoms with Crippen LogP contribution in [0.15, 0.2) is 0 Å². The van der Waals surface area contributed by atoms with Crippen molar-refractivity contribution in [2.45, 2.75) is 71.3 Å². The van der Waals surface area contributed by atoms with E-state index < -0.39 is 0 Å². The second-order valence-electron chi connectivity index (χ2n) is 8.11. The van der Waals surface area contributed by atoms with Crippen LogP contribution < -0.4 is 5.32 Å². The Kier molecular flexibility index (Phi) is 2.81. The van der Waals surface area contributed by atoms with Gasteiger partial charge in [-0.05, 0) is 76.0 Å². The summed E-state index contributed by atoms with van der Waals surface area (Å²) in [6, 6.07) is 0. The molecule has 1 N–H and O–H groups in total. The molecule has 0 saturated heterocycles. The van der Waals surface area contributed by atoms with E-state index in [1.807, 2.05) is 0 Å². The Bertz CT molecular complexity index is 272. The van der Waals surface area contributed by atoms with E-state index in [9.17, 15) is 0 Å². The summed E-state index contributed by atoms with van der Waals surface area (Å²) in [6.07, 6.45) is 10.7. The lowest BCUT2D eigenvalue weighted by atomic mass is 9.70. The average molecular weight is 235 g/mol. The Morgan fingerprint density at radius 1 is 1.06 bits per heavy atom. The molecular weight excluding hydrogens is 206 g/mol. The lowest BCUT2D eigenvalue weighted by molar-refractivity contribution is 0.131. The third-order valence-electron chi connectivity index (χ3n) is 5.60. The Hall–Kier alpha value is -0.0400. The molecule has 3 aliphatic carbocycles. The fourth-order valence-electron chi connectivity index (χ4n) is 4.54. The molecule has 98 valence electrons. The van der Waals surface area contributed by atoms with Crippen molar-refractivity contribution < 1.29 is 0 Å². The molecule has 0 amide bonds. The molecule has 2 atom stereocenters. The summed E-state index contributed by atoms with van der Waals surface area (Å²) < 4.78 is 0. The van der Waals surface area contributed by atoms with Gasteiger partial charge in [0, 0.05) is 12.1 Å². The van der Waals surface area contributed by atoms with Gasteiger partial charge < -0.3 is 5.32 Å². The lowest BCUT2D eigenvalue weighted by Gasteiger charge is -2.40. The molecule has 0 bridgehead atoms. The van der Waals surface area contributed by atoms with Crippen LogP contribution >= 0.6 is 0 Å². The Balaban J connectivity index is 1.68. The van der Waals surface area contributed by atoms with Crippen molar-refractivity contribution in [3.05, 3.63) is 0 Å². The summed E-state index contributed by atoms with van der Waals surface area (Å²) in [7, 11) is 0. The van der Waals surface area contributed by atoms with E-state index >= 15 is 0 Å². The van der Waals surface area contributed by atoms with Gasteiger partial charge in [-0.15, -0.1) is 0 Å². The van der Waals surface area contributed by atoms with Gasteiger partial charge in [0.15, 0.2) is 0 Å². The molecule has 0 aromatic heterocycles. The Morgan fingerprint density at radius 3 is 2.18 bits per heavy atom. The molecule has 17 heavy (non-hydrogen) atoms. The molecule has 3 aliphatic rings. The van der Waals surface area contributed by atoms with Gasteiger partial charge in [-0.2, -0.15) is 0 Å². The molecule has 2 unspecified atom stereocenters. The van der Waals surface area contributed by atoms with Crippen LogP contribution in [0.2, 0.25) is 0 Å². The predicted octanol–water partition coefficient (Wildman–Crippen LogP) is 3.98. The smallest absolute Gasteiger partial charge is 0.00967 e. The first kappa shape index (κ1) is 12.0. The molecule has 1 nitrogen and oxygen atoms in total. The fourth-order valence-corrected chi connectivity index (χ4v) is 4.54. The van der Waals surface area contributed by atoms with Crippen LogP contribution in [0.4, 0.5) is 0 Å². The summed E-state index contributed by atoms with van der Waals surface area (Å²) in [5, 5.41) is 3.82. The number of hydrogen-bond donors (Lipinski definition) is 1. The van der Waals surface area contributed by atoms with Crippen LogP contribution in [-0.2, 0) is 0 Å². The van der Waals surface area contributed by atoms with E-state index in [0.717, 1.165) is 17.8 Å². The highest BCUT2D eigenvalue weighted by Crippen LogP contribution is 2.64. The molecule has 0 spiro atoms. The standard InChI is InChI=1S/C16H29N/c1-15(2,3)17-11-16(14-6-4-5-7-14)9-12-8-13(12)10-16/h12-14,17H,4-11H2,1-3H3. The monoisotopic (exact) mass is 235 g/mol. The second-order valence-corrected chi connectivity index (χ2v) is 8.11. The minimum atomic E-state index is 0.290. The average Bonchev–Trinajstić information content (AvgIpc) is 2.75. The van der Waals surface area contributed by atoms with E-state index in [2.05, 4.69) is 26.1 Å². The normalized spacial score (nSPS) is 41.8. The van der Waals surface area contributed by atoms with E-state index in [1.165, 1.54) is 32.2 Å². The van der Waals surface area contributed by atoms with Crippen LogP contribution in [0.25, 0.3) is 0 Å². The predicted molar refractivity (Wildman–Crippen MR) is 73.0 cm³/mol. The van der Waals surface area contributed by atoms with Gasteiger partial charge in [0.05, 0.1) is 0 Å². The van der Waals surface area contributed by atoms with Crippen LogP contribution in [0.3, 0.4) is 0 Å². The van der Waals surface area contributed by atoms with Crippen molar-refractivity contribution in [3.63, 3.8) is 0 Å². The molecule has 0 aromatic carbocycles. The summed E-state index contributed by atoms with van der Waals surface area (Å²) >= 11 is 0. The minimum Gasteiger partial charge on any atom is -0.312 e. The largest absolute Gasteiger partial charge is 0.312 e. The van der Waals surface area contributed by atoms with Crippen molar-refractivity contribution in [3.8, 4) is 0 Å². The molecule has 0 aromatic rings. The maximum absolute atomic E-state index is 3.82. The van der Waals surface area contributed by atoms with Crippen molar-refractivity contribution >= 4 is 0 Å². The van der Waals surface area contributed by atoms with Gasteiger partial charge in [0.2, 0.25) is 0 Å². The molecule has 3 fully saturated rings. The Morgan fingerprint density at radius 2 is 1.65 bits per heavy atom. The molecule has 0 heterocycles. The van der Waals surface area contributed by atoms with Crippen LogP contribution in [0, 0.1) is 23.2 Å². The van der Waals surface area contributed by atoms with Crippen molar-refractivity contribution in [1.29, 1.82) is 0 Å². The SMILES string of the molecule is CC(C)(C)NCC1(C2CCCC2)CC2CC2C1. The third-order valence-corrected chi connectivity index (χ3v) is 5.60. The van der Waals surface area contributed by atoms with E-state index in [1.54, 1.807) is 19.3 Å². The van der Waals surface area contributed by atoms with E-state index in [4.69, 9.17) is 0 Å². The van der Waals surface area contributed by atoms with Crippen molar-refractivity contribution in [1.82, 2.24) is 5.32 Å². The number of hydrogen-bond acceptors (Lipinski definition) is 1. The maximum Gasteiger partial charge on any atom is 0.00967 e. The minimum absolute atomic E-state index is 0.290. The van der Waals surface area contributed by atoms with Gasteiger partial charge in [-0.1, -0.05) is 12.8 Å². The first-order valence-electron chi connectivity index (χ1n) is 7.74.